The first kappa shape index (κ1) is 20.1. The molecule has 0 fully saturated rings. The van der Waals surface area contributed by atoms with E-state index in [1.165, 1.54) is 5.56 Å². The van der Waals surface area contributed by atoms with Crippen molar-refractivity contribution in [3.8, 4) is 11.5 Å². The van der Waals surface area contributed by atoms with Gasteiger partial charge < -0.3 is 20.1 Å². The lowest BCUT2D eigenvalue weighted by Crippen LogP contribution is -2.15. The van der Waals surface area contributed by atoms with Crippen LogP contribution in [0.15, 0.2) is 42.6 Å². The summed E-state index contributed by atoms with van der Waals surface area (Å²) in [4.78, 5) is 21.2. The van der Waals surface area contributed by atoms with E-state index < -0.39 is 0 Å². The van der Waals surface area contributed by atoms with Crippen molar-refractivity contribution in [3.63, 3.8) is 0 Å². The van der Waals surface area contributed by atoms with Crippen molar-refractivity contribution < 1.29 is 14.3 Å². The van der Waals surface area contributed by atoms with Gasteiger partial charge in [0.05, 0.1) is 14.2 Å². The molecule has 0 spiro atoms. The second-order valence-corrected chi connectivity index (χ2v) is 6.69. The average Bonchev–Trinajstić information content (AvgIpc) is 2.70. The Morgan fingerprint density at radius 1 is 0.931 bits per heavy atom. The van der Waals surface area contributed by atoms with Gasteiger partial charge in [0.1, 0.15) is 5.69 Å². The van der Waals surface area contributed by atoms with Crippen LogP contribution in [0.1, 0.15) is 27.2 Å². The molecule has 3 rings (SSSR count). The standard InChI is InChI=1S/C22H24N4O3/c1-13-10-14(2)20(15(3)11-13)26-22-23-9-8-17(25-22)21(27)24-16-6-7-18(28-4)19(12-16)29-5/h6-12H,1-5H3,(H,24,27)(H,23,25,26). The highest BCUT2D eigenvalue weighted by Crippen LogP contribution is 2.30. The summed E-state index contributed by atoms with van der Waals surface area (Å²) < 4.78 is 10.5. The maximum atomic E-state index is 12.7. The number of hydrogen-bond donors (Lipinski definition) is 2. The summed E-state index contributed by atoms with van der Waals surface area (Å²) in [7, 11) is 3.10. The van der Waals surface area contributed by atoms with Crippen LogP contribution < -0.4 is 20.1 Å². The molecule has 0 saturated heterocycles. The number of amides is 1. The van der Waals surface area contributed by atoms with E-state index in [9.17, 15) is 4.79 Å². The van der Waals surface area contributed by atoms with Crippen molar-refractivity contribution in [2.45, 2.75) is 20.8 Å². The van der Waals surface area contributed by atoms with Gasteiger partial charge in [0.15, 0.2) is 11.5 Å². The molecule has 1 aromatic heterocycles. The van der Waals surface area contributed by atoms with E-state index in [0.29, 0.717) is 23.1 Å². The highest BCUT2D eigenvalue weighted by molar-refractivity contribution is 6.03. The number of aryl methyl sites for hydroxylation is 3. The fraction of sp³-hybridized carbons (Fsp3) is 0.227. The Balaban J connectivity index is 1.80. The molecule has 2 aromatic carbocycles. The third kappa shape index (κ3) is 4.63. The van der Waals surface area contributed by atoms with Crippen LogP contribution >= 0.6 is 0 Å². The third-order valence-electron chi connectivity index (χ3n) is 4.44. The van der Waals surface area contributed by atoms with E-state index in [1.54, 1.807) is 44.7 Å². The molecule has 1 heterocycles. The number of ether oxygens (including phenoxy) is 2. The average molecular weight is 392 g/mol. The van der Waals surface area contributed by atoms with E-state index in [1.807, 2.05) is 13.8 Å². The first-order valence-electron chi connectivity index (χ1n) is 9.12. The summed E-state index contributed by atoms with van der Waals surface area (Å²) in [6.07, 6.45) is 1.55. The Bertz CT molecular complexity index is 1030. The van der Waals surface area contributed by atoms with Gasteiger partial charge in [-0.3, -0.25) is 4.79 Å². The van der Waals surface area contributed by atoms with Crippen LogP contribution in [0.5, 0.6) is 11.5 Å². The molecule has 0 atom stereocenters. The van der Waals surface area contributed by atoms with Crippen molar-refractivity contribution in [2.75, 3.05) is 24.9 Å². The zero-order valence-electron chi connectivity index (χ0n) is 17.2. The maximum Gasteiger partial charge on any atom is 0.274 e. The fourth-order valence-corrected chi connectivity index (χ4v) is 3.14. The lowest BCUT2D eigenvalue weighted by molar-refractivity contribution is 0.102. The van der Waals surface area contributed by atoms with E-state index in [4.69, 9.17) is 9.47 Å². The van der Waals surface area contributed by atoms with Gasteiger partial charge >= 0.3 is 0 Å². The lowest BCUT2D eigenvalue weighted by atomic mass is 10.1. The van der Waals surface area contributed by atoms with Crippen molar-refractivity contribution in [1.82, 2.24) is 9.97 Å². The molecule has 1 amide bonds. The maximum absolute atomic E-state index is 12.7. The third-order valence-corrected chi connectivity index (χ3v) is 4.44. The molecule has 29 heavy (non-hydrogen) atoms. The number of methoxy groups -OCH3 is 2. The number of benzene rings is 2. The normalized spacial score (nSPS) is 10.4. The summed E-state index contributed by atoms with van der Waals surface area (Å²) in [6, 6.07) is 10.9. The molecule has 0 saturated carbocycles. The second-order valence-electron chi connectivity index (χ2n) is 6.69. The Morgan fingerprint density at radius 2 is 1.62 bits per heavy atom. The smallest absolute Gasteiger partial charge is 0.274 e. The van der Waals surface area contributed by atoms with Crippen molar-refractivity contribution in [2.24, 2.45) is 0 Å². The predicted molar refractivity (Wildman–Crippen MR) is 113 cm³/mol. The summed E-state index contributed by atoms with van der Waals surface area (Å²) in [6.45, 7) is 6.10. The molecule has 0 radical (unpaired) electrons. The molecule has 150 valence electrons. The van der Waals surface area contributed by atoms with Crippen LogP contribution in [-0.2, 0) is 0 Å². The van der Waals surface area contributed by atoms with Crippen molar-refractivity contribution in [1.29, 1.82) is 0 Å². The minimum absolute atomic E-state index is 0.250. The summed E-state index contributed by atoms with van der Waals surface area (Å²) in [5, 5.41) is 6.03. The molecular weight excluding hydrogens is 368 g/mol. The number of hydrogen-bond acceptors (Lipinski definition) is 6. The number of nitrogens with one attached hydrogen (secondary N) is 2. The van der Waals surface area contributed by atoms with Crippen LogP contribution in [0, 0.1) is 20.8 Å². The van der Waals surface area contributed by atoms with Gasteiger partial charge in [-0.1, -0.05) is 17.7 Å². The molecule has 7 nitrogen and oxygen atoms in total. The molecule has 3 aromatic rings. The quantitative estimate of drug-likeness (QED) is 0.646. The first-order chi connectivity index (χ1) is 13.9. The monoisotopic (exact) mass is 392 g/mol. The fourth-order valence-electron chi connectivity index (χ4n) is 3.14. The second kappa shape index (κ2) is 8.60. The SMILES string of the molecule is COc1ccc(NC(=O)c2ccnc(Nc3c(C)cc(C)cc3C)n2)cc1OC. The van der Waals surface area contributed by atoms with Crippen LogP contribution in [0.3, 0.4) is 0 Å². The molecule has 0 aliphatic heterocycles. The predicted octanol–water partition coefficient (Wildman–Crippen LogP) is 4.41. The van der Waals surface area contributed by atoms with Gasteiger partial charge in [0.25, 0.3) is 5.91 Å². The van der Waals surface area contributed by atoms with Crippen LogP contribution in [0.4, 0.5) is 17.3 Å². The molecular formula is C22H24N4O3. The van der Waals surface area contributed by atoms with E-state index >= 15 is 0 Å². The molecule has 0 aliphatic carbocycles. The summed E-state index contributed by atoms with van der Waals surface area (Å²) >= 11 is 0. The van der Waals surface area contributed by atoms with E-state index in [2.05, 4.69) is 39.7 Å². The Labute approximate surface area is 170 Å². The van der Waals surface area contributed by atoms with Crippen LogP contribution in [0.2, 0.25) is 0 Å². The van der Waals surface area contributed by atoms with E-state index in [0.717, 1.165) is 16.8 Å². The summed E-state index contributed by atoms with van der Waals surface area (Å²) in [5.74, 6) is 1.13. The number of carbonyl (C=O) groups is 1. The highest BCUT2D eigenvalue weighted by atomic mass is 16.5. The molecule has 0 unspecified atom stereocenters. The minimum Gasteiger partial charge on any atom is -0.493 e. The van der Waals surface area contributed by atoms with Gasteiger partial charge in [0.2, 0.25) is 5.95 Å². The van der Waals surface area contributed by atoms with Crippen molar-refractivity contribution >= 4 is 23.2 Å². The van der Waals surface area contributed by atoms with Gasteiger partial charge in [-0.15, -0.1) is 0 Å². The van der Waals surface area contributed by atoms with Gasteiger partial charge in [-0.05, 0) is 50.1 Å². The largest absolute Gasteiger partial charge is 0.493 e. The molecule has 0 aliphatic rings. The lowest BCUT2D eigenvalue weighted by Gasteiger charge is -2.13. The summed E-state index contributed by atoms with van der Waals surface area (Å²) in [5.41, 5.74) is 5.13. The Morgan fingerprint density at radius 3 is 2.28 bits per heavy atom. The first-order valence-corrected chi connectivity index (χ1v) is 9.12. The van der Waals surface area contributed by atoms with Crippen molar-refractivity contribution in [3.05, 3.63) is 65.0 Å². The zero-order valence-corrected chi connectivity index (χ0v) is 17.2. The molecule has 7 heteroatoms. The highest BCUT2D eigenvalue weighted by Gasteiger charge is 2.13. The Kier molecular flexibility index (Phi) is 5.97. The van der Waals surface area contributed by atoms with Crippen LogP contribution in [-0.4, -0.2) is 30.1 Å². The van der Waals surface area contributed by atoms with Gasteiger partial charge in [-0.25, -0.2) is 9.97 Å². The number of anilines is 3. The molecule has 2 N–H and O–H groups in total. The van der Waals surface area contributed by atoms with Gasteiger partial charge in [-0.2, -0.15) is 0 Å². The topological polar surface area (TPSA) is 85.4 Å². The molecule has 0 bridgehead atoms. The number of nitrogens with zero attached hydrogens (tertiary/aromatic N) is 2. The van der Waals surface area contributed by atoms with E-state index in [-0.39, 0.29) is 11.6 Å². The Hall–Kier alpha value is -3.61. The van der Waals surface area contributed by atoms with Gasteiger partial charge in [0, 0.05) is 23.6 Å². The minimum atomic E-state index is -0.347. The number of carbonyl (C=O) groups excluding carboxylic acids is 1. The zero-order chi connectivity index (χ0) is 21.0. The number of rotatable bonds is 6. The number of aromatic nitrogens is 2. The van der Waals surface area contributed by atoms with Crippen LogP contribution in [0.25, 0.3) is 0 Å².